The molecule has 1 aromatic carbocycles. The van der Waals surface area contributed by atoms with Crippen LogP contribution in [0.2, 0.25) is 0 Å². The van der Waals surface area contributed by atoms with Crippen LogP contribution in [0.4, 0.5) is 10.8 Å². The number of nitrogens with one attached hydrogen (secondary N) is 1. The topological polar surface area (TPSA) is 93.7 Å². The van der Waals surface area contributed by atoms with Crippen molar-refractivity contribution in [3.63, 3.8) is 0 Å². The number of hydrogen-bond donors (Lipinski definition) is 1. The molecular formula is C18H22N4O4S. The van der Waals surface area contributed by atoms with E-state index in [1.807, 2.05) is 0 Å². The molecule has 0 bridgehead atoms. The molecule has 1 aliphatic rings. The summed E-state index contributed by atoms with van der Waals surface area (Å²) in [6.45, 7) is 2.33. The molecule has 1 atom stereocenters. The first-order valence-corrected chi connectivity index (χ1v) is 9.53. The van der Waals surface area contributed by atoms with Crippen molar-refractivity contribution in [2.45, 2.75) is 26.2 Å². The van der Waals surface area contributed by atoms with E-state index in [-0.39, 0.29) is 24.8 Å². The molecule has 0 spiro atoms. The highest BCUT2D eigenvalue weighted by atomic mass is 32.1. The second kappa shape index (κ2) is 8.34. The second-order valence-electron chi connectivity index (χ2n) is 6.18. The molecule has 0 unspecified atom stereocenters. The van der Waals surface area contributed by atoms with E-state index in [0.717, 1.165) is 17.8 Å². The Morgan fingerprint density at radius 1 is 1.33 bits per heavy atom. The number of benzene rings is 1. The fourth-order valence-electron chi connectivity index (χ4n) is 2.95. The lowest BCUT2D eigenvalue weighted by Gasteiger charge is -2.20. The highest BCUT2D eigenvalue weighted by Gasteiger charge is 2.36. The molecule has 1 aromatic heterocycles. The summed E-state index contributed by atoms with van der Waals surface area (Å²) in [6, 6.07) is 5.24. The van der Waals surface area contributed by atoms with Crippen LogP contribution in [-0.2, 0) is 16.0 Å². The first-order chi connectivity index (χ1) is 13.0. The average Bonchev–Trinajstić information content (AvgIpc) is 3.27. The fraction of sp³-hybridized carbons (Fsp3) is 0.444. The van der Waals surface area contributed by atoms with Gasteiger partial charge >= 0.3 is 0 Å². The van der Waals surface area contributed by atoms with Crippen molar-refractivity contribution in [2.24, 2.45) is 5.92 Å². The molecule has 0 saturated carbocycles. The number of carbonyl (C=O) groups excluding carboxylic acids is 2. The van der Waals surface area contributed by atoms with Crippen LogP contribution >= 0.6 is 11.3 Å². The van der Waals surface area contributed by atoms with Gasteiger partial charge in [0.2, 0.25) is 16.9 Å². The van der Waals surface area contributed by atoms with Gasteiger partial charge in [0.05, 0.1) is 25.8 Å². The molecule has 0 radical (unpaired) electrons. The van der Waals surface area contributed by atoms with E-state index in [2.05, 4.69) is 22.4 Å². The Morgan fingerprint density at radius 3 is 2.85 bits per heavy atom. The number of ether oxygens (including phenoxy) is 2. The molecule has 8 nitrogen and oxygen atoms in total. The van der Waals surface area contributed by atoms with E-state index in [1.165, 1.54) is 11.3 Å². The van der Waals surface area contributed by atoms with Crippen LogP contribution in [0.1, 0.15) is 24.8 Å². The maximum absolute atomic E-state index is 12.6. The zero-order chi connectivity index (χ0) is 19.4. The molecule has 144 valence electrons. The smallest absolute Gasteiger partial charge is 0.231 e. The Labute approximate surface area is 161 Å². The number of methoxy groups -OCH3 is 2. The van der Waals surface area contributed by atoms with Crippen LogP contribution in [-0.4, -0.2) is 42.8 Å². The van der Waals surface area contributed by atoms with Gasteiger partial charge < -0.3 is 19.7 Å². The molecule has 2 aromatic rings. The predicted octanol–water partition coefficient (Wildman–Crippen LogP) is 2.50. The van der Waals surface area contributed by atoms with Crippen molar-refractivity contribution in [3.8, 4) is 11.5 Å². The number of aromatic nitrogens is 2. The molecule has 9 heteroatoms. The summed E-state index contributed by atoms with van der Waals surface area (Å²) in [4.78, 5) is 26.7. The third kappa shape index (κ3) is 4.19. The Bertz CT molecular complexity index is 839. The standard InChI is InChI=1S/C18H22N4O4S/c1-4-5-15-20-21-18(27-15)19-17(24)11-8-16(23)22(10-11)13-9-12(25-2)6-7-14(13)26-3/h6-7,9,11H,4-5,8,10H2,1-3H3,(H,19,21,24)/t11-/m0/s1. The Kier molecular flexibility index (Phi) is 5.90. The first kappa shape index (κ1) is 19.1. The summed E-state index contributed by atoms with van der Waals surface area (Å²) < 4.78 is 10.6. The number of carbonyl (C=O) groups is 2. The van der Waals surface area contributed by atoms with Gasteiger partial charge in [0.25, 0.3) is 0 Å². The van der Waals surface area contributed by atoms with Crippen molar-refractivity contribution in [1.29, 1.82) is 0 Å². The maximum atomic E-state index is 12.6. The van der Waals surface area contributed by atoms with Gasteiger partial charge in [-0.05, 0) is 18.6 Å². The summed E-state index contributed by atoms with van der Waals surface area (Å²) in [6.07, 6.45) is 1.93. The van der Waals surface area contributed by atoms with Gasteiger partial charge in [0.1, 0.15) is 16.5 Å². The van der Waals surface area contributed by atoms with E-state index in [4.69, 9.17) is 9.47 Å². The fourth-order valence-corrected chi connectivity index (χ4v) is 3.79. The molecule has 2 heterocycles. The van der Waals surface area contributed by atoms with E-state index in [1.54, 1.807) is 37.3 Å². The molecule has 1 aliphatic heterocycles. The van der Waals surface area contributed by atoms with Crippen LogP contribution in [0.5, 0.6) is 11.5 Å². The minimum absolute atomic E-state index is 0.132. The average molecular weight is 390 g/mol. The van der Waals surface area contributed by atoms with Crippen LogP contribution in [0, 0.1) is 5.92 Å². The Hall–Kier alpha value is -2.68. The van der Waals surface area contributed by atoms with Crippen LogP contribution < -0.4 is 19.7 Å². The predicted molar refractivity (Wildman–Crippen MR) is 103 cm³/mol. The SMILES string of the molecule is CCCc1nnc(NC(=O)[C@H]2CC(=O)N(c3cc(OC)ccc3OC)C2)s1. The number of aryl methyl sites for hydroxylation is 1. The van der Waals surface area contributed by atoms with Crippen LogP contribution in [0.3, 0.4) is 0 Å². The highest BCUT2D eigenvalue weighted by molar-refractivity contribution is 7.15. The molecule has 27 heavy (non-hydrogen) atoms. The summed E-state index contributed by atoms with van der Waals surface area (Å²) in [5.74, 6) is 0.340. The summed E-state index contributed by atoms with van der Waals surface area (Å²) in [7, 11) is 3.10. The molecular weight excluding hydrogens is 368 g/mol. The van der Waals surface area contributed by atoms with Crippen LogP contribution in [0.25, 0.3) is 0 Å². The van der Waals surface area contributed by atoms with Gasteiger partial charge in [0, 0.05) is 25.5 Å². The molecule has 0 aliphatic carbocycles. The lowest BCUT2D eigenvalue weighted by atomic mass is 10.1. The number of amides is 2. The van der Waals surface area contributed by atoms with Gasteiger partial charge in [0.15, 0.2) is 0 Å². The normalized spacial score (nSPS) is 16.5. The zero-order valence-corrected chi connectivity index (χ0v) is 16.3. The van der Waals surface area contributed by atoms with Crippen molar-refractivity contribution in [1.82, 2.24) is 10.2 Å². The highest BCUT2D eigenvalue weighted by Crippen LogP contribution is 2.36. The first-order valence-electron chi connectivity index (χ1n) is 8.71. The molecule has 1 saturated heterocycles. The monoisotopic (exact) mass is 390 g/mol. The van der Waals surface area contributed by atoms with Crippen molar-refractivity contribution in [2.75, 3.05) is 31.0 Å². The number of rotatable bonds is 7. The summed E-state index contributed by atoms with van der Waals surface area (Å²) in [5.41, 5.74) is 0.596. The Morgan fingerprint density at radius 2 is 2.15 bits per heavy atom. The Balaban J connectivity index is 1.72. The third-order valence-corrected chi connectivity index (χ3v) is 5.23. The largest absolute Gasteiger partial charge is 0.497 e. The summed E-state index contributed by atoms with van der Waals surface area (Å²) >= 11 is 1.36. The van der Waals surface area contributed by atoms with E-state index >= 15 is 0 Å². The quantitative estimate of drug-likeness (QED) is 0.781. The minimum Gasteiger partial charge on any atom is -0.497 e. The van der Waals surface area contributed by atoms with E-state index < -0.39 is 5.92 Å². The molecule has 2 amide bonds. The van der Waals surface area contributed by atoms with E-state index in [9.17, 15) is 9.59 Å². The number of nitrogens with zero attached hydrogens (tertiary/aromatic N) is 3. The lowest BCUT2D eigenvalue weighted by molar-refractivity contribution is -0.122. The van der Waals surface area contributed by atoms with Crippen molar-refractivity contribution < 1.29 is 19.1 Å². The summed E-state index contributed by atoms with van der Waals surface area (Å²) in [5, 5.41) is 12.2. The lowest BCUT2D eigenvalue weighted by Crippen LogP contribution is -2.28. The minimum atomic E-state index is -0.466. The van der Waals surface area contributed by atoms with Crippen molar-refractivity contribution >= 4 is 34.0 Å². The van der Waals surface area contributed by atoms with E-state index in [0.29, 0.717) is 22.3 Å². The van der Waals surface area contributed by atoms with Gasteiger partial charge in [-0.2, -0.15) is 0 Å². The number of hydrogen-bond acceptors (Lipinski definition) is 7. The van der Waals surface area contributed by atoms with Crippen molar-refractivity contribution in [3.05, 3.63) is 23.2 Å². The molecule has 1 fully saturated rings. The maximum Gasteiger partial charge on any atom is 0.231 e. The van der Waals surface area contributed by atoms with Gasteiger partial charge in [-0.1, -0.05) is 18.3 Å². The zero-order valence-electron chi connectivity index (χ0n) is 15.5. The van der Waals surface area contributed by atoms with Gasteiger partial charge in [-0.25, -0.2) is 0 Å². The van der Waals surface area contributed by atoms with Crippen LogP contribution in [0.15, 0.2) is 18.2 Å². The van der Waals surface area contributed by atoms with Gasteiger partial charge in [-0.15, -0.1) is 10.2 Å². The second-order valence-corrected chi connectivity index (χ2v) is 7.25. The van der Waals surface area contributed by atoms with Gasteiger partial charge in [-0.3, -0.25) is 9.59 Å². The molecule has 1 N–H and O–H groups in total. The number of anilines is 2. The third-order valence-electron chi connectivity index (χ3n) is 4.33. The molecule has 3 rings (SSSR count).